The summed E-state index contributed by atoms with van der Waals surface area (Å²) in [4.78, 5) is 0. The highest BCUT2D eigenvalue weighted by Gasteiger charge is 2.57. The Bertz CT molecular complexity index is 420. The zero-order valence-electron chi connectivity index (χ0n) is 9.24. The van der Waals surface area contributed by atoms with Crippen LogP contribution in [-0.2, 0) is 18.8 Å². The molecule has 0 radical (unpaired) electrons. The normalized spacial score (nSPS) is 15.3. The van der Waals surface area contributed by atoms with Gasteiger partial charge in [0.2, 0.25) is 0 Å². The molecule has 0 saturated carbocycles. The van der Waals surface area contributed by atoms with Crippen molar-refractivity contribution in [3.05, 3.63) is 0 Å². The first-order valence-corrected chi connectivity index (χ1v) is 6.43. The number of rotatable bonds is 8. The van der Waals surface area contributed by atoms with Crippen LogP contribution in [0, 0.1) is 0 Å². The summed E-state index contributed by atoms with van der Waals surface area (Å²) < 4.78 is 126. The van der Waals surface area contributed by atoms with E-state index in [1.807, 2.05) is 0 Å². The van der Waals surface area contributed by atoms with E-state index in [2.05, 4.69) is 31.6 Å². The largest absolute Gasteiger partial charge is 0.400 e. The molecule has 0 rings (SSSR count). The molecule has 0 unspecified atom stereocenters. The second kappa shape index (κ2) is 6.18. The van der Waals surface area contributed by atoms with Gasteiger partial charge in [-0.25, -0.2) is 8.37 Å². The van der Waals surface area contributed by atoms with Gasteiger partial charge in [-0.1, -0.05) is 0 Å². The van der Waals surface area contributed by atoms with Gasteiger partial charge in [0.25, 0.3) is 0 Å². The zero-order valence-corrected chi connectivity index (χ0v) is 11.6. The van der Waals surface area contributed by atoms with Crippen LogP contribution in [-0.4, -0.2) is 44.2 Å². The van der Waals surface area contributed by atoms with Crippen molar-refractivity contribution < 1.29 is 51.9 Å². The molecule has 0 saturated heterocycles. The lowest BCUT2D eigenvalue weighted by atomic mass is 10.4. The van der Waals surface area contributed by atoms with Crippen LogP contribution in [0.3, 0.4) is 0 Å². The second-order valence-corrected chi connectivity index (χ2v) is 5.57. The summed E-state index contributed by atoms with van der Waals surface area (Å²) in [5.41, 5.74) is 0. The molecule has 21 heavy (non-hydrogen) atoms. The predicted molar refractivity (Wildman–Crippen MR) is 52.3 cm³/mol. The monoisotopic (exact) mass is 394 g/mol. The SMILES string of the molecule is O=S(=O)(OCC(F)(F)C(F)(F)Cl)OCC(F)(F)C(F)(F)Cl. The Labute approximate surface area is 122 Å². The van der Waals surface area contributed by atoms with Gasteiger partial charge in [-0.15, -0.1) is 0 Å². The summed E-state index contributed by atoms with van der Waals surface area (Å²) in [6.45, 7) is -5.15. The van der Waals surface area contributed by atoms with Crippen molar-refractivity contribution in [2.45, 2.75) is 22.6 Å². The minimum atomic E-state index is -5.71. The molecule has 0 aromatic carbocycles. The molecular weight excluding hydrogens is 391 g/mol. The van der Waals surface area contributed by atoms with Crippen LogP contribution in [0.1, 0.15) is 0 Å². The third-order valence-electron chi connectivity index (χ3n) is 1.60. The van der Waals surface area contributed by atoms with Crippen molar-refractivity contribution in [2.24, 2.45) is 0 Å². The molecule has 0 N–H and O–H groups in total. The Kier molecular flexibility index (Phi) is 6.15. The summed E-state index contributed by atoms with van der Waals surface area (Å²) in [6.07, 6.45) is 0. The highest BCUT2D eigenvalue weighted by Crippen LogP contribution is 2.39. The van der Waals surface area contributed by atoms with Gasteiger partial charge >= 0.3 is 33.0 Å². The molecule has 15 heteroatoms. The van der Waals surface area contributed by atoms with E-state index in [0.717, 1.165) is 0 Å². The van der Waals surface area contributed by atoms with Crippen LogP contribution in [0.2, 0.25) is 0 Å². The Morgan fingerprint density at radius 1 is 0.714 bits per heavy atom. The van der Waals surface area contributed by atoms with Gasteiger partial charge in [-0.05, 0) is 23.2 Å². The lowest BCUT2D eigenvalue weighted by Gasteiger charge is -2.22. The van der Waals surface area contributed by atoms with E-state index in [1.165, 1.54) is 0 Å². The van der Waals surface area contributed by atoms with Crippen LogP contribution in [0.15, 0.2) is 0 Å². The fraction of sp³-hybridized carbons (Fsp3) is 1.00. The van der Waals surface area contributed by atoms with E-state index in [0.29, 0.717) is 0 Å². The molecule has 128 valence electrons. The third-order valence-corrected chi connectivity index (χ3v) is 2.96. The number of alkyl halides is 10. The van der Waals surface area contributed by atoms with Crippen molar-refractivity contribution in [3.63, 3.8) is 0 Å². The molecular formula is C6H4Cl2F8O4S. The molecule has 0 heterocycles. The van der Waals surface area contributed by atoms with Crippen LogP contribution in [0.25, 0.3) is 0 Å². The lowest BCUT2D eigenvalue weighted by molar-refractivity contribution is -0.181. The smallest absolute Gasteiger partial charge is 0.241 e. The first-order chi connectivity index (χ1) is 8.91. The van der Waals surface area contributed by atoms with E-state index in [4.69, 9.17) is 0 Å². The maximum Gasteiger partial charge on any atom is 0.400 e. The predicted octanol–water partition coefficient (Wildman–Crippen LogP) is 3.20. The van der Waals surface area contributed by atoms with Crippen LogP contribution < -0.4 is 0 Å². The zero-order chi connectivity index (χ0) is 17.3. The van der Waals surface area contributed by atoms with Crippen LogP contribution in [0.5, 0.6) is 0 Å². The quantitative estimate of drug-likeness (QED) is 0.468. The fourth-order valence-corrected chi connectivity index (χ4v) is 1.25. The Hall–Kier alpha value is -0.110. The van der Waals surface area contributed by atoms with Crippen LogP contribution >= 0.6 is 23.2 Å². The first kappa shape index (κ1) is 20.9. The Morgan fingerprint density at radius 3 is 1.14 bits per heavy atom. The number of halogens is 10. The average molecular weight is 395 g/mol. The fourth-order valence-electron chi connectivity index (χ4n) is 0.490. The lowest BCUT2D eigenvalue weighted by Crippen LogP contribution is -2.42. The molecule has 0 spiro atoms. The molecule has 0 aromatic rings. The molecule has 0 aliphatic rings. The minimum absolute atomic E-state index is 2.57. The molecule has 0 fully saturated rings. The number of hydrogen-bond acceptors (Lipinski definition) is 4. The van der Waals surface area contributed by atoms with E-state index in [1.54, 1.807) is 0 Å². The summed E-state index contributed by atoms with van der Waals surface area (Å²) >= 11 is 7.86. The van der Waals surface area contributed by atoms with Crippen molar-refractivity contribution in [1.29, 1.82) is 0 Å². The van der Waals surface area contributed by atoms with Gasteiger partial charge in [0.15, 0.2) is 0 Å². The van der Waals surface area contributed by atoms with Gasteiger partial charge in [0.05, 0.1) is 0 Å². The standard InChI is InChI=1S/C6H4Cl2F8O4S/c7-5(13,14)3(9,10)1-19-21(17,18)20-2-4(11,12)6(8,15)16/h1-2H2. The molecule has 0 aliphatic heterocycles. The van der Waals surface area contributed by atoms with Gasteiger partial charge in [-0.3, -0.25) is 0 Å². The maximum atomic E-state index is 12.5. The molecule has 0 aliphatic carbocycles. The second-order valence-electron chi connectivity index (χ2n) is 3.34. The highest BCUT2D eigenvalue weighted by molar-refractivity contribution is 7.81. The van der Waals surface area contributed by atoms with Gasteiger partial charge in [0.1, 0.15) is 13.2 Å². The van der Waals surface area contributed by atoms with Crippen LogP contribution in [0.4, 0.5) is 35.1 Å². The topological polar surface area (TPSA) is 52.6 Å². The minimum Gasteiger partial charge on any atom is -0.241 e. The molecule has 0 amide bonds. The first-order valence-electron chi connectivity index (χ1n) is 4.34. The van der Waals surface area contributed by atoms with Crippen molar-refractivity contribution in [1.82, 2.24) is 0 Å². The average Bonchev–Trinajstić information content (AvgIpc) is 2.21. The summed E-state index contributed by atoms with van der Waals surface area (Å²) in [5, 5.41) is -10.4. The molecule has 4 nitrogen and oxygen atoms in total. The van der Waals surface area contributed by atoms with Gasteiger partial charge in [0, 0.05) is 0 Å². The van der Waals surface area contributed by atoms with E-state index >= 15 is 0 Å². The van der Waals surface area contributed by atoms with Gasteiger partial charge < -0.3 is 0 Å². The van der Waals surface area contributed by atoms with Crippen molar-refractivity contribution in [3.8, 4) is 0 Å². The van der Waals surface area contributed by atoms with E-state index in [-0.39, 0.29) is 0 Å². The number of hydrogen-bond donors (Lipinski definition) is 0. The third kappa shape index (κ3) is 6.26. The maximum absolute atomic E-state index is 12.5. The van der Waals surface area contributed by atoms with E-state index < -0.39 is 46.2 Å². The summed E-state index contributed by atoms with van der Waals surface area (Å²) in [7, 11) is -5.71. The van der Waals surface area contributed by atoms with Gasteiger partial charge in [-0.2, -0.15) is 43.5 Å². The molecule has 0 bridgehead atoms. The summed E-state index contributed by atoms with van der Waals surface area (Å²) in [5.74, 6) is -10.4. The summed E-state index contributed by atoms with van der Waals surface area (Å²) in [6, 6.07) is 0. The highest BCUT2D eigenvalue weighted by atomic mass is 35.5. The molecule has 0 aromatic heterocycles. The Balaban J connectivity index is 4.69. The van der Waals surface area contributed by atoms with Crippen molar-refractivity contribution >= 4 is 33.6 Å². The van der Waals surface area contributed by atoms with Crippen molar-refractivity contribution in [2.75, 3.05) is 13.2 Å². The Morgan fingerprint density at radius 2 is 0.952 bits per heavy atom. The van der Waals surface area contributed by atoms with E-state index in [9.17, 15) is 43.5 Å². The molecule has 0 atom stereocenters.